The van der Waals surface area contributed by atoms with Crippen molar-refractivity contribution >= 4 is 27.1 Å². The number of aliphatic hydroxyl groups excluding tert-OH is 1. The van der Waals surface area contributed by atoms with Crippen molar-refractivity contribution in [1.82, 2.24) is 15.0 Å². The van der Waals surface area contributed by atoms with E-state index in [4.69, 9.17) is 5.11 Å². The topological polar surface area (TPSA) is 61.8 Å². The molecule has 0 unspecified atom stereocenters. The maximum atomic E-state index is 8.91. The van der Waals surface area contributed by atoms with Gasteiger partial charge in [0.1, 0.15) is 10.1 Å². The Morgan fingerprint density at radius 2 is 2.24 bits per heavy atom. The standard InChI is InChI=1S/C12H16BrN3O/c1-12(2,4-3-5-17)9-6-8-11(15-9)16-10(13)7-14-8/h6-7,17H,3-5H2,1-2H3,(H,15,16). The number of rotatable bonds is 4. The largest absolute Gasteiger partial charge is 0.396 e. The molecule has 0 spiro atoms. The van der Waals surface area contributed by atoms with Crippen LogP contribution in [0.1, 0.15) is 32.4 Å². The first-order valence-electron chi connectivity index (χ1n) is 5.65. The molecule has 0 aliphatic rings. The van der Waals surface area contributed by atoms with Crippen LogP contribution in [0.2, 0.25) is 0 Å². The molecular formula is C12H16BrN3O. The molecule has 0 aromatic carbocycles. The Labute approximate surface area is 109 Å². The lowest BCUT2D eigenvalue weighted by Gasteiger charge is -2.22. The van der Waals surface area contributed by atoms with Crippen LogP contribution in [-0.4, -0.2) is 26.7 Å². The summed E-state index contributed by atoms with van der Waals surface area (Å²) in [5.41, 5.74) is 2.78. The van der Waals surface area contributed by atoms with E-state index in [9.17, 15) is 0 Å². The van der Waals surface area contributed by atoms with Crippen molar-refractivity contribution in [3.8, 4) is 0 Å². The molecule has 0 bridgehead atoms. The van der Waals surface area contributed by atoms with Gasteiger partial charge in [0.05, 0.1) is 6.20 Å². The number of aromatic amines is 1. The molecule has 0 radical (unpaired) electrons. The van der Waals surface area contributed by atoms with Crippen molar-refractivity contribution in [2.24, 2.45) is 0 Å². The van der Waals surface area contributed by atoms with E-state index in [2.05, 4.69) is 44.7 Å². The van der Waals surface area contributed by atoms with Gasteiger partial charge in [-0.15, -0.1) is 0 Å². The Morgan fingerprint density at radius 3 is 2.94 bits per heavy atom. The molecule has 92 valence electrons. The van der Waals surface area contributed by atoms with E-state index in [0.717, 1.165) is 34.3 Å². The number of aromatic nitrogens is 3. The number of hydrogen-bond acceptors (Lipinski definition) is 3. The lowest BCUT2D eigenvalue weighted by atomic mass is 9.84. The molecule has 2 rings (SSSR count). The average Bonchev–Trinajstić information content (AvgIpc) is 2.70. The Bertz CT molecular complexity index is 521. The second-order valence-corrected chi connectivity index (χ2v) is 5.63. The molecule has 17 heavy (non-hydrogen) atoms. The van der Waals surface area contributed by atoms with E-state index in [-0.39, 0.29) is 12.0 Å². The highest BCUT2D eigenvalue weighted by Crippen LogP contribution is 2.29. The van der Waals surface area contributed by atoms with E-state index < -0.39 is 0 Å². The van der Waals surface area contributed by atoms with Gasteiger partial charge in [-0.2, -0.15) is 0 Å². The Kier molecular flexibility index (Phi) is 3.49. The van der Waals surface area contributed by atoms with Gasteiger partial charge in [-0.1, -0.05) is 13.8 Å². The summed E-state index contributed by atoms with van der Waals surface area (Å²) >= 11 is 3.31. The van der Waals surface area contributed by atoms with Crippen molar-refractivity contribution in [3.05, 3.63) is 22.6 Å². The average molecular weight is 298 g/mol. The van der Waals surface area contributed by atoms with Crippen molar-refractivity contribution in [1.29, 1.82) is 0 Å². The van der Waals surface area contributed by atoms with E-state index in [1.54, 1.807) is 6.20 Å². The van der Waals surface area contributed by atoms with E-state index >= 15 is 0 Å². The lowest BCUT2D eigenvalue weighted by Crippen LogP contribution is -2.18. The van der Waals surface area contributed by atoms with Crippen LogP contribution in [0.3, 0.4) is 0 Å². The fourth-order valence-electron chi connectivity index (χ4n) is 1.90. The molecule has 0 aliphatic carbocycles. The number of nitrogens with zero attached hydrogens (tertiary/aromatic N) is 2. The zero-order valence-electron chi connectivity index (χ0n) is 10.00. The summed E-state index contributed by atoms with van der Waals surface area (Å²) in [6.07, 6.45) is 3.42. The number of H-pyrrole nitrogens is 1. The Balaban J connectivity index is 2.35. The van der Waals surface area contributed by atoms with Crippen LogP contribution >= 0.6 is 15.9 Å². The monoisotopic (exact) mass is 297 g/mol. The first-order valence-corrected chi connectivity index (χ1v) is 6.45. The van der Waals surface area contributed by atoms with E-state index in [1.807, 2.05) is 6.07 Å². The van der Waals surface area contributed by atoms with Gasteiger partial charge in [0, 0.05) is 17.7 Å². The summed E-state index contributed by atoms with van der Waals surface area (Å²) in [6.45, 7) is 4.54. The van der Waals surface area contributed by atoms with Crippen molar-refractivity contribution in [2.75, 3.05) is 6.61 Å². The molecule has 2 aromatic rings. The fraction of sp³-hybridized carbons (Fsp3) is 0.500. The molecule has 0 atom stereocenters. The van der Waals surface area contributed by atoms with Crippen LogP contribution in [-0.2, 0) is 5.41 Å². The highest BCUT2D eigenvalue weighted by atomic mass is 79.9. The minimum atomic E-state index is -0.00239. The number of aliphatic hydroxyl groups is 1. The molecule has 2 heterocycles. The molecule has 2 N–H and O–H groups in total. The molecule has 0 aliphatic heterocycles. The van der Waals surface area contributed by atoms with Gasteiger partial charge in [0.2, 0.25) is 0 Å². The van der Waals surface area contributed by atoms with Gasteiger partial charge in [-0.3, -0.25) is 4.98 Å². The SMILES string of the molecule is CC(C)(CCCO)c1cc2ncc(Br)nc2[nH]1. The summed E-state index contributed by atoms with van der Waals surface area (Å²) < 4.78 is 0.728. The van der Waals surface area contributed by atoms with Gasteiger partial charge < -0.3 is 10.1 Å². The van der Waals surface area contributed by atoms with Gasteiger partial charge >= 0.3 is 0 Å². The van der Waals surface area contributed by atoms with Gasteiger partial charge in [-0.25, -0.2) is 4.98 Å². The summed E-state index contributed by atoms with van der Waals surface area (Å²) in [5.74, 6) is 0. The predicted molar refractivity (Wildman–Crippen MR) is 70.9 cm³/mol. The fourth-order valence-corrected chi connectivity index (χ4v) is 2.17. The van der Waals surface area contributed by atoms with Crippen LogP contribution in [0, 0.1) is 0 Å². The quantitative estimate of drug-likeness (QED) is 0.912. The molecule has 0 saturated heterocycles. The minimum absolute atomic E-state index is 0.00239. The van der Waals surface area contributed by atoms with Crippen LogP contribution in [0.4, 0.5) is 0 Å². The highest BCUT2D eigenvalue weighted by Gasteiger charge is 2.22. The summed E-state index contributed by atoms with van der Waals surface area (Å²) in [6, 6.07) is 2.03. The molecule has 5 heteroatoms. The second-order valence-electron chi connectivity index (χ2n) is 4.82. The molecule has 2 aromatic heterocycles. The number of nitrogens with one attached hydrogen (secondary N) is 1. The smallest absolute Gasteiger partial charge is 0.157 e. The molecular weight excluding hydrogens is 282 g/mol. The zero-order valence-corrected chi connectivity index (χ0v) is 11.6. The number of halogens is 1. The normalized spacial score (nSPS) is 12.2. The molecule has 4 nitrogen and oxygen atoms in total. The molecule has 0 fully saturated rings. The highest BCUT2D eigenvalue weighted by molar-refractivity contribution is 9.10. The third-order valence-electron chi connectivity index (χ3n) is 2.99. The summed E-state index contributed by atoms with van der Waals surface area (Å²) in [7, 11) is 0. The zero-order chi connectivity index (χ0) is 12.5. The van der Waals surface area contributed by atoms with Crippen LogP contribution < -0.4 is 0 Å². The first-order chi connectivity index (χ1) is 8.03. The molecule has 0 saturated carbocycles. The van der Waals surface area contributed by atoms with Crippen molar-refractivity contribution in [2.45, 2.75) is 32.1 Å². The van der Waals surface area contributed by atoms with Crippen molar-refractivity contribution in [3.63, 3.8) is 0 Å². The third-order valence-corrected chi connectivity index (χ3v) is 3.38. The minimum Gasteiger partial charge on any atom is -0.396 e. The van der Waals surface area contributed by atoms with Crippen molar-refractivity contribution < 1.29 is 5.11 Å². The molecule has 0 amide bonds. The lowest BCUT2D eigenvalue weighted by molar-refractivity contribution is 0.267. The van der Waals surface area contributed by atoms with Crippen LogP contribution in [0.25, 0.3) is 11.2 Å². The Morgan fingerprint density at radius 1 is 1.47 bits per heavy atom. The predicted octanol–water partition coefficient (Wildman–Crippen LogP) is 2.77. The van der Waals surface area contributed by atoms with Crippen LogP contribution in [0.15, 0.2) is 16.9 Å². The van der Waals surface area contributed by atoms with Gasteiger partial charge in [-0.05, 0) is 34.8 Å². The summed E-state index contributed by atoms with van der Waals surface area (Å²) in [5, 5.41) is 8.91. The Hall–Kier alpha value is -0.940. The van der Waals surface area contributed by atoms with E-state index in [1.165, 1.54) is 0 Å². The maximum Gasteiger partial charge on any atom is 0.157 e. The van der Waals surface area contributed by atoms with Gasteiger partial charge in [0.15, 0.2) is 5.65 Å². The third kappa shape index (κ3) is 2.66. The number of fused-ring (bicyclic) bond motifs is 1. The number of hydrogen-bond donors (Lipinski definition) is 2. The van der Waals surface area contributed by atoms with Gasteiger partial charge in [0.25, 0.3) is 0 Å². The maximum absolute atomic E-state index is 8.91. The van der Waals surface area contributed by atoms with E-state index in [0.29, 0.717) is 0 Å². The summed E-state index contributed by atoms with van der Waals surface area (Å²) in [4.78, 5) is 11.9. The first kappa shape index (κ1) is 12.5. The second kappa shape index (κ2) is 4.74. The van der Waals surface area contributed by atoms with Crippen LogP contribution in [0.5, 0.6) is 0 Å².